The molecular formula is C27H28N4O2S. The smallest absolute Gasteiger partial charge is 0.286 e. The number of aromatic nitrogens is 2. The Bertz CT molecular complexity index is 1290. The van der Waals surface area contributed by atoms with Crippen LogP contribution in [0, 0.1) is 13.8 Å². The maximum Gasteiger partial charge on any atom is 0.286 e. The van der Waals surface area contributed by atoms with Crippen molar-refractivity contribution in [3.63, 3.8) is 0 Å². The zero-order valence-electron chi connectivity index (χ0n) is 19.9. The summed E-state index contributed by atoms with van der Waals surface area (Å²) in [5.41, 5.74) is 6.09. The molecule has 0 bridgehead atoms. The van der Waals surface area contributed by atoms with Crippen molar-refractivity contribution in [2.45, 2.75) is 39.9 Å². The zero-order chi connectivity index (χ0) is 23.8. The van der Waals surface area contributed by atoms with E-state index in [1.54, 1.807) is 0 Å². The fourth-order valence-electron chi connectivity index (χ4n) is 4.41. The summed E-state index contributed by atoms with van der Waals surface area (Å²) in [4.78, 5) is 20.0. The molecule has 7 heteroatoms. The fourth-order valence-corrected chi connectivity index (χ4v) is 5.34. The van der Waals surface area contributed by atoms with Crippen molar-refractivity contribution in [2.24, 2.45) is 4.99 Å². The van der Waals surface area contributed by atoms with Gasteiger partial charge >= 0.3 is 0 Å². The molecular weight excluding hydrogens is 444 g/mol. The van der Waals surface area contributed by atoms with Gasteiger partial charge in [-0.15, -0.1) is 0 Å². The summed E-state index contributed by atoms with van der Waals surface area (Å²) in [6.45, 7) is 9.74. The third-order valence-electron chi connectivity index (χ3n) is 6.00. The lowest BCUT2D eigenvalue weighted by Crippen LogP contribution is -2.47. The Balaban J connectivity index is 1.52. The number of morpholine rings is 1. The van der Waals surface area contributed by atoms with Crippen LogP contribution >= 0.6 is 11.8 Å². The molecule has 2 atom stereocenters. The number of thioether (sulfide) groups is 1. The highest BCUT2D eigenvalue weighted by Crippen LogP contribution is 2.35. The molecule has 174 valence electrons. The maximum atomic E-state index is 12.9. The van der Waals surface area contributed by atoms with Crippen LogP contribution in [0.1, 0.15) is 30.5 Å². The van der Waals surface area contributed by atoms with E-state index in [0.29, 0.717) is 4.91 Å². The van der Waals surface area contributed by atoms with Crippen LogP contribution in [0.4, 0.5) is 0 Å². The van der Waals surface area contributed by atoms with Gasteiger partial charge in [0, 0.05) is 30.4 Å². The Morgan fingerprint density at radius 1 is 1.06 bits per heavy atom. The largest absolute Gasteiger partial charge is 0.372 e. The number of ether oxygens (including phenoxy) is 1. The molecule has 34 heavy (non-hydrogen) atoms. The molecule has 2 aromatic carbocycles. The Hall–Kier alpha value is -3.16. The molecule has 1 amide bonds. The second-order valence-corrected chi connectivity index (χ2v) is 10.0. The van der Waals surface area contributed by atoms with Crippen LogP contribution in [0.15, 0.2) is 64.6 Å². The van der Waals surface area contributed by atoms with Crippen LogP contribution in [0.5, 0.6) is 0 Å². The molecule has 0 unspecified atom stereocenters. The molecule has 2 aliphatic rings. The number of hydrogen-bond donors (Lipinski definition) is 0. The van der Waals surface area contributed by atoms with Crippen molar-refractivity contribution in [1.29, 1.82) is 0 Å². The summed E-state index contributed by atoms with van der Waals surface area (Å²) in [6.07, 6.45) is 4.13. The zero-order valence-corrected chi connectivity index (χ0v) is 20.7. The summed E-state index contributed by atoms with van der Waals surface area (Å²) >= 11 is 1.44. The number of aliphatic imine (C=N–C) groups is 1. The normalized spacial score (nSPS) is 21.9. The Kier molecular flexibility index (Phi) is 6.15. The van der Waals surface area contributed by atoms with E-state index >= 15 is 0 Å². The minimum Gasteiger partial charge on any atom is -0.372 e. The molecule has 0 aliphatic carbocycles. The topological polar surface area (TPSA) is 59.7 Å². The third-order valence-corrected chi connectivity index (χ3v) is 7.04. The van der Waals surface area contributed by atoms with E-state index in [9.17, 15) is 4.79 Å². The quantitative estimate of drug-likeness (QED) is 0.488. The van der Waals surface area contributed by atoms with Gasteiger partial charge in [-0.2, -0.15) is 10.1 Å². The van der Waals surface area contributed by atoms with Crippen molar-refractivity contribution >= 4 is 28.9 Å². The number of carbonyl (C=O) groups is 1. The number of rotatable bonds is 3. The minimum absolute atomic E-state index is 0.107. The molecule has 3 heterocycles. The van der Waals surface area contributed by atoms with E-state index in [2.05, 4.69) is 55.8 Å². The molecule has 1 fully saturated rings. The third kappa shape index (κ3) is 4.58. The van der Waals surface area contributed by atoms with Crippen LogP contribution in [-0.4, -0.2) is 51.1 Å². The van der Waals surface area contributed by atoms with E-state index < -0.39 is 0 Å². The maximum absolute atomic E-state index is 12.9. The molecule has 3 aromatic rings. The van der Waals surface area contributed by atoms with Gasteiger partial charge in [0.2, 0.25) is 0 Å². The van der Waals surface area contributed by atoms with E-state index in [1.165, 1.54) is 17.3 Å². The van der Waals surface area contributed by atoms with Gasteiger partial charge in [-0.3, -0.25) is 4.79 Å². The molecule has 5 rings (SSSR count). The van der Waals surface area contributed by atoms with E-state index in [1.807, 2.05) is 47.3 Å². The van der Waals surface area contributed by atoms with E-state index in [4.69, 9.17) is 9.84 Å². The van der Waals surface area contributed by atoms with E-state index in [0.717, 1.165) is 46.3 Å². The van der Waals surface area contributed by atoms with Gasteiger partial charge in [0.05, 0.1) is 22.8 Å². The van der Waals surface area contributed by atoms with Gasteiger partial charge in [-0.1, -0.05) is 35.9 Å². The van der Waals surface area contributed by atoms with Crippen molar-refractivity contribution in [3.05, 3.63) is 76.3 Å². The molecule has 0 spiro atoms. The average Bonchev–Trinajstić information content (AvgIpc) is 3.39. The van der Waals surface area contributed by atoms with Crippen molar-refractivity contribution < 1.29 is 9.53 Å². The van der Waals surface area contributed by atoms with Gasteiger partial charge in [0.15, 0.2) is 5.17 Å². The molecule has 1 saturated heterocycles. The molecule has 2 aliphatic heterocycles. The van der Waals surface area contributed by atoms with Gasteiger partial charge in [-0.25, -0.2) is 4.68 Å². The number of para-hydroxylation sites is 1. The highest BCUT2D eigenvalue weighted by atomic mass is 32.2. The summed E-state index contributed by atoms with van der Waals surface area (Å²) < 4.78 is 7.71. The number of carbonyl (C=O) groups excluding carboxylic acids is 1. The number of benzene rings is 2. The summed E-state index contributed by atoms with van der Waals surface area (Å²) in [5, 5.41) is 5.69. The van der Waals surface area contributed by atoms with E-state index in [-0.39, 0.29) is 18.1 Å². The minimum atomic E-state index is -0.203. The average molecular weight is 473 g/mol. The first kappa shape index (κ1) is 22.6. The lowest BCUT2D eigenvalue weighted by atomic mass is 10.0. The van der Waals surface area contributed by atoms with Crippen molar-refractivity contribution in [3.8, 4) is 16.9 Å². The Morgan fingerprint density at radius 3 is 2.53 bits per heavy atom. The second-order valence-electron chi connectivity index (χ2n) is 9.00. The van der Waals surface area contributed by atoms with Crippen molar-refractivity contribution in [2.75, 3.05) is 13.1 Å². The lowest BCUT2D eigenvalue weighted by Gasteiger charge is -2.35. The van der Waals surface area contributed by atoms with Crippen molar-refractivity contribution in [1.82, 2.24) is 14.7 Å². The number of amidine groups is 1. The van der Waals surface area contributed by atoms with Gasteiger partial charge in [-0.05, 0) is 69.3 Å². The van der Waals surface area contributed by atoms with Gasteiger partial charge in [0.1, 0.15) is 5.69 Å². The predicted molar refractivity (Wildman–Crippen MR) is 138 cm³/mol. The first-order valence-corrected chi connectivity index (χ1v) is 12.3. The number of aryl methyl sites for hydroxylation is 2. The fraction of sp³-hybridized carbons (Fsp3) is 0.296. The van der Waals surface area contributed by atoms with Crippen LogP contribution < -0.4 is 0 Å². The molecule has 0 N–H and O–H groups in total. The van der Waals surface area contributed by atoms with Crippen LogP contribution in [-0.2, 0) is 9.53 Å². The highest BCUT2D eigenvalue weighted by molar-refractivity contribution is 8.18. The standard InChI is InChI=1S/C27H28N4O2S/c1-17-10-11-18(2)23(12-17)25-21(16-31(29-25)22-8-6-5-7-9-22)13-24-26(32)28-27(34-24)30-14-19(3)33-20(4)15-30/h5-13,16,19-20H,14-15H2,1-4H3/b24-13-/t19-,20-/m0/s1. The van der Waals surface area contributed by atoms with Gasteiger partial charge in [0.25, 0.3) is 5.91 Å². The monoisotopic (exact) mass is 472 g/mol. The first-order valence-electron chi connectivity index (χ1n) is 11.5. The summed E-state index contributed by atoms with van der Waals surface area (Å²) in [7, 11) is 0. The highest BCUT2D eigenvalue weighted by Gasteiger charge is 2.31. The summed E-state index contributed by atoms with van der Waals surface area (Å²) in [5.74, 6) is -0.203. The number of nitrogens with zero attached hydrogens (tertiary/aromatic N) is 4. The van der Waals surface area contributed by atoms with Crippen LogP contribution in [0.25, 0.3) is 23.0 Å². The molecule has 1 aromatic heterocycles. The van der Waals surface area contributed by atoms with Crippen LogP contribution in [0.2, 0.25) is 0 Å². The Labute approximate surface area is 204 Å². The predicted octanol–water partition coefficient (Wildman–Crippen LogP) is 5.24. The lowest BCUT2D eigenvalue weighted by molar-refractivity contribution is -0.113. The Morgan fingerprint density at radius 2 is 1.79 bits per heavy atom. The molecule has 0 radical (unpaired) electrons. The van der Waals surface area contributed by atoms with Crippen LogP contribution in [0.3, 0.4) is 0 Å². The summed E-state index contributed by atoms with van der Waals surface area (Å²) in [6, 6.07) is 16.4. The number of amides is 1. The number of hydrogen-bond acceptors (Lipinski definition) is 5. The molecule has 6 nitrogen and oxygen atoms in total. The SMILES string of the molecule is Cc1ccc(C)c(-c2nn(-c3ccccc3)cc2/C=C2\SC(N3C[C@H](C)O[C@@H](C)C3)=NC2=O)c1. The second kappa shape index (κ2) is 9.24. The molecule has 0 saturated carbocycles. The van der Waals surface area contributed by atoms with Gasteiger partial charge < -0.3 is 9.64 Å². The first-order chi connectivity index (χ1) is 16.4.